The molecule has 0 radical (unpaired) electrons. The summed E-state index contributed by atoms with van der Waals surface area (Å²) >= 11 is 0. The lowest BCUT2D eigenvalue weighted by atomic mass is 9.98. The van der Waals surface area contributed by atoms with Crippen LogP contribution in [-0.2, 0) is 0 Å². The molecule has 3 saturated heterocycles. The lowest BCUT2D eigenvalue weighted by Crippen LogP contribution is -2.48. The van der Waals surface area contributed by atoms with Gasteiger partial charge in [-0.15, -0.1) is 0 Å². The molecule has 3 heterocycles. The van der Waals surface area contributed by atoms with E-state index in [0.29, 0.717) is 0 Å². The van der Waals surface area contributed by atoms with Gasteiger partial charge in [-0.2, -0.15) is 0 Å². The van der Waals surface area contributed by atoms with Gasteiger partial charge in [-0.25, -0.2) is 0 Å². The van der Waals surface area contributed by atoms with Crippen molar-refractivity contribution in [2.45, 2.75) is 93.8 Å². The first-order valence-electron chi connectivity index (χ1n) is 12.0. The van der Waals surface area contributed by atoms with Gasteiger partial charge >= 0.3 is 0 Å². The predicted molar refractivity (Wildman–Crippen MR) is 132 cm³/mol. The Morgan fingerprint density at radius 2 is 0.931 bits per heavy atom. The summed E-state index contributed by atoms with van der Waals surface area (Å²) in [6, 6.07) is 2.26. The Balaban J connectivity index is 0.000000401. The molecule has 0 aromatic rings. The molecule has 3 aliphatic heterocycles. The summed E-state index contributed by atoms with van der Waals surface area (Å²) in [6.45, 7) is 28.5. The van der Waals surface area contributed by atoms with Crippen molar-refractivity contribution < 1.29 is 0 Å². The quantitative estimate of drug-likeness (QED) is 0.663. The van der Waals surface area contributed by atoms with E-state index >= 15 is 0 Å². The molecule has 0 spiro atoms. The van der Waals surface area contributed by atoms with Crippen molar-refractivity contribution in [3.63, 3.8) is 0 Å². The Morgan fingerprint density at radius 3 is 1.24 bits per heavy atom. The Morgan fingerprint density at radius 1 is 0.552 bits per heavy atom. The second kappa shape index (κ2) is 14.8. The second-order valence-electron chi connectivity index (χ2n) is 10.4. The van der Waals surface area contributed by atoms with E-state index in [1.54, 1.807) is 0 Å². The number of likely N-dealkylation sites (N-methyl/N-ethyl adjacent to an activating group) is 1. The molecule has 0 saturated carbocycles. The molecule has 29 heavy (non-hydrogen) atoms. The Bertz CT molecular complexity index is 348. The van der Waals surface area contributed by atoms with Gasteiger partial charge in [0, 0.05) is 57.4 Å². The number of nitrogens with zero attached hydrogens (tertiary/aromatic N) is 4. The first-order valence-corrected chi connectivity index (χ1v) is 12.0. The lowest BCUT2D eigenvalue weighted by Gasteiger charge is -2.40. The molecular weight excluding hydrogens is 356 g/mol. The van der Waals surface area contributed by atoms with Crippen molar-refractivity contribution in [1.82, 2.24) is 19.6 Å². The van der Waals surface area contributed by atoms with E-state index in [-0.39, 0.29) is 7.43 Å². The van der Waals surface area contributed by atoms with Crippen LogP contribution in [0.3, 0.4) is 0 Å². The smallest absolute Gasteiger partial charge is 0.0112 e. The van der Waals surface area contributed by atoms with Gasteiger partial charge < -0.3 is 14.7 Å². The average Bonchev–Trinajstić information content (AvgIpc) is 2.61. The average molecular weight is 413 g/mol. The molecule has 0 atom stereocenters. The zero-order chi connectivity index (χ0) is 21.3. The SMILES string of the molecule is C.CC(C)N1CCN(C)CC1.CC1CCN(C(C)C)CC1.CC1CN(C(C)C)C1. The molecule has 4 nitrogen and oxygen atoms in total. The number of likely N-dealkylation sites (tertiary alicyclic amines) is 2. The molecule has 0 aliphatic carbocycles. The van der Waals surface area contributed by atoms with Crippen LogP contribution in [0.2, 0.25) is 0 Å². The zero-order valence-electron chi connectivity index (χ0n) is 20.7. The highest BCUT2D eigenvalue weighted by Gasteiger charge is 2.23. The van der Waals surface area contributed by atoms with Crippen LogP contribution >= 0.6 is 0 Å². The topological polar surface area (TPSA) is 13.0 Å². The highest BCUT2D eigenvalue weighted by molar-refractivity contribution is 4.78. The molecule has 3 aliphatic rings. The van der Waals surface area contributed by atoms with Gasteiger partial charge in [0.05, 0.1) is 0 Å². The van der Waals surface area contributed by atoms with Gasteiger partial charge in [0.15, 0.2) is 0 Å². The van der Waals surface area contributed by atoms with Gasteiger partial charge in [-0.05, 0) is 86.4 Å². The summed E-state index contributed by atoms with van der Waals surface area (Å²) in [5.74, 6) is 1.92. The van der Waals surface area contributed by atoms with Gasteiger partial charge in [-0.3, -0.25) is 4.90 Å². The van der Waals surface area contributed by atoms with Crippen LogP contribution in [0.25, 0.3) is 0 Å². The standard InChI is InChI=1S/C9H19N.C8H18N2.C7H15N.CH4/c2*1-8(2)10-6-4-9(3)5-7-10;1-6(2)8-4-7(3)5-8;/h8-9H,4-7H2,1-3H3;8H,4-7H2,1-3H3;6-7H,4-5H2,1-3H3;1H4. The zero-order valence-corrected chi connectivity index (χ0v) is 20.7. The number of hydrogen-bond acceptors (Lipinski definition) is 4. The number of rotatable bonds is 3. The van der Waals surface area contributed by atoms with Crippen LogP contribution in [-0.4, -0.2) is 97.1 Å². The maximum atomic E-state index is 2.57. The normalized spacial score (nSPS) is 23.2. The van der Waals surface area contributed by atoms with Crippen molar-refractivity contribution in [1.29, 1.82) is 0 Å². The van der Waals surface area contributed by atoms with E-state index in [1.807, 2.05) is 0 Å². The van der Waals surface area contributed by atoms with Crippen molar-refractivity contribution in [3.8, 4) is 0 Å². The molecule has 3 rings (SSSR count). The van der Waals surface area contributed by atoms with Gasteiger partial charge in [-0.1, -0.05) is 21.3 Å². The summed E-state index contributed by atoms with van der Waals surface area (Å²) in [5.41, 5.74) is 0. The van der Waals surface area contributed by atoms with Gasteiger partial charge in [0.1, 0.15) is 0 Å². The fourth-order valence-electron chi connectivity index (χ4n) is 4.05. The minimum atomic E-state index is 0. The summed E-state index contributed by atoms with van der Waals surface area (Å²) in [6.07, 6.45) is 2.80. The van der Waals surface area contributed by atoms with Crippen LogP contribution < -0.4 is 0 Å². The maximum absolute atomic E-state index is 2.57. The van der Waals surface area contributed by atoms with E-state index in [0.717, 1.165) is 30.0 Å². The van der Waals surface area contributed by atoms with E-state index < -0.39 is 0 Å². The van der Waals surface area contributed by atoms with Crippen LogP contribution in [0.1, 0.15) is 75.7 Å². The van der Waals surface area contributed by atoms with Crippen molar-refractivity contribution in [2.24, 2.45) is 11.8 Å². The van der Waals surface area contributed by atoms with Crippen LogP contribution in [0.4, 0.5) is 0 Å². The molecule has 176 valence electrons. The molecule has 0 aromatic carbocycles. The highest BCUT2D eigenvalue weighted by Crippen LogP contribution is 2.17. The van der Waals surface area contributed by atoms with Crippen LogP contribution in [0, 0.1) is 11.8 Å². The Kier molecular flexibility index (Phi) is 14.7. The Hall–Kier alpha value is -0.160. The van der Waals surface area contributed by atoms with E-state index in [9.17, 15) is 0 Å². The molecule has 4 heteroatoms. The van der Waals surface area contributed by atoms with Crippen molar-refractivity contribution in [3.05, 3.63) is 0 Å². The van der Waals surface area contributed by atoms with Gasteiger partial charge in [0.2, 0.25) is 0 Å². The van der Waals surface area contributed by atoms with Crippen molar-refractivity contribution in [2.75, 3.05) is 59.4 Å². The first kappa shape index (κ1) is 28.8. The molecule has 0 unspecified atom stereocenters. The fourth-order valence-corrected chi connectivity index (χ4v) is 4.05. The monoisotopic (exact) mass is 412 g/mol. The van der Waals surface area contributed by atoms with Crippen LogP contribution in [0.15, 0.2) is 0 Å². The van der Waals surface area contributed by atoms with Crippen LogP contribution in [0.5, 0.6) is 0 Å². The molecule has 0 bridgehead atoms. The molecule has 3 fully saturated rings. The lowest BCUT2D eigenvalue weighted by molar-refractivity contribution is 0.0787. The molecule has 0 N–H and O–H groups in total. The summed E-state index contributed by atoms with van der Waals surface area (Å²) in [7, 11) is 2.19. The van der Waals surface area contributed by atoms with Gasteiger partial charge in [0.25, 0.3) is 0 Å². The minimum absolute atomic E-state index is 0. The molecule has 0 aromatic heterocycles. The maximum Gasteiger partial charge on any atom is 0.0112 e. The number of piperidine rings is 1. The minimum Gasteiger partial charge on any atom is -0.304 e. The highest BCUT2D eigenvalue weighted by atomic mass is 15.3. The van der Waals surface area contributed by atoms with E-state index in [2.05, 4.69) is 82.0 Å². The van der Waals surface area contributed by atoms with E-state index in [1.165, 1.54) is 65.2 Å². The molecule has 0 amide bonds. The third kappa shape index (κ3) is 11.7. The summed E-state index contributed by atoms with van der Waals surface area (Å²) in [5, 5.41) is 0. The second-order valence-corrected chi connectivity index (χ2v) is 10.4. The summed E-state index contributed by atoms with van der Waals surface area (Å²) < 4.78 is 0. The van der Waals surface area contributed by atoms with E-state index in [4.69, 9.17) is 0 Å². The number of piperazine rings is 1. The Labute approximate surface area is 185 Å². The summed E-state index contributed by atoms with van der Waals surface area (Å²) in [4.78, 5) is 9.98. The largest absolute Gasteiger partial charge is 0.304 e. The number of hydrogen-bond donors (Lipinski definition) is 0. The fraction of sp³-hybridized carbons (Fsp3) is 1.00. The third-order valence-corrected chi connectivity index (χ3v) is 6.64. The predicted octanol–water partition coefficient (Wildman–Crippen LogP) is 4.75. The molecular formula is C25H56N4. The first-order chi connectivity index (χ1) is 13.1. The van der Waals surface area contributed by atoms with Crippen molar-refractivity contribution >= 4 is 0 Å². The third-order valence-electron chi connectivity index (χ3n) is 6.64.